The number of hydrogen-bond acceptors (Lipinski definition) is 1. The summed E-state index contributed by atoms with van der Waals surface area (Å²) >= 11 is 0. The summed E-state index contributed by atoms with van der Waals surface area (Å²) in [4.78, 5) is 0. The maximum absolute atomic E-state index is 6.07. The van der Waals surface area contributed by atoms with Gasteiger partial charge in [-0.3, -0.25) is 0 Å². The molecule has 0 aromatic rings. The quantitative estimate of drug-likeness (QED) is 0.328. The SMILES string of the molecule is CC[Si](CC)(CC)O/C=C/C=C/C1CCCCC1. The molecule has 1 fully saturated rings. The van der Waals surface area contributed by atoms with Crippen molar-refractivity contribution in [1.82, 2.24) is 0 Å². The summed E-state index contributed by atoms with van der Waals surface area (Å²) in [6.45, 7) is 6.81. The maximum Gasteiger partial charge on any atom is 0.249 e. The molecule has 0 atom stereocenters. The minimum absolute atomic E-state index is 0.814. The smallest absolute Gasteiger partial charge is 0.249 e. The molecule has 0 aromatic heterocycles. The normalized spacial score (nSPS) is 18.8. The van der Waals surface area contributed by atoms with Crippen molar-refractivity contribution in [2.45, 2.75) is 71.0 Å². The molecule has 104 valence electrons. The van der Waals surface area contributed by atoms with Gasteiger partial charge in [0.2, 0.25) is 8.32 Å². The third-order valence-electron chi connectivity index (χ3n) is 4.47. The Balaban J connectivity index is 2.33. The second-order valence-corrected chi connectivity index (χ2v) is 10.2. The molecule has 0 aliphatic heterocycles. The number of hydrogen-bond donors (Lipinski definition) is 0. The largest absolute Gasteiger partial charge is 0.549 e. The van der Waals surface area contributed by atoms with E-state index in [1.165, 1.54) is 50.2 Å². The highest BCUT2D eigenvalue weighted by Gasteiger charge is 2.28. The predicted molar refractivity (Wildman–Crippen MR) is 83.1 cm³/mol. The molecule has 0 unspecified atom stereocenters. The molecule has 0 saturated heterocycles. The van der Waals surface area contributed by atoms with Crippen LogP contribution in [0.5, 0.6) is 0 Å². The van der Waals surface area contributed by atoms with Crippen LogP contribution in [0.15, 0.2) is 24.5 Å². The van der Waals surface area contributed by atoms with Crippen molar-refractivity contribution in [2.24, 2.45) is 5.92 Å². The summed E-state index contributed by atoms with van der Waals surface area (Å²) in [5.41, 5.74) is 0. The van der Waals surface area contributed by atoms with Crippen LogP contribution in [0.1, 0.15) is 52.9 Å². The van der Waals surface area contributed by atoms with E-state index in [9.17, 15) is 0 Å². The Hall–Kier alpha value is -0.503. The summed E-state index contributed by atoms with van der Waals surface area (Å²) in [6.07, 6.45) is 15.6. The molecule has 0 aromatic carbocycles. The van der Waals surface area contributed by atoms with Crippen LogP contribution in [0, 0.1) is 5.92 Å². The van der Waals surface area contributed by atoms with Crippen LogP contribution in [-0.2, 0) is 4.43 Å². The molecule has 1 rings (SSSR count). The molecule has 0 bridgehead atoms. The van der Waals surface area contributed by atoms with Crippen LogP contribution in [0.3, 0.4) is 0 Å². The summed E-state index contributed by atoms with van der Waals surface area (Å²) in [7, 11) is -1.43. The third-order valence-corrected chi connectivity index (χ3v) is 8.98. The second kappa shape index (κ2) is 8.57. The summed E-state index contributed by atoms with van der Waals surface area (Å²) in [5.74, 6) is 0.814. The van der Waals surface area contributed by atoms with E-state index in [0.717, 1.165) is 5.92 Å². The number of allylic oxidation sites excluding steroid dienone is 3. The average Bonchev–Trinajstić information content (AvgIpc) is 2.45. The lowest BCUT2D eigenvalue weighted by Gasteiger charge is -2.26. The minimum Gasteiger partial charge on any atom is -0.549 e. The van der Waals surface area contributed by atoms with Gasteiger partial charge in [0.05, 0.1) is 6.26 Å². The lowest BCUT2D eigenvalue weighted by molar-refractivity contribution is 0.419. The Bertz CT molecular complexity index is 252. The van der Waals surface area contributed by atoms with Crippen molar-refractivity contribution in [2.75, 3.05) is 0 Å². The van der Waals surface area contributed by atoms with Crippen molar-refractivity contribution in [3.63, 3.8) is 0 Å². The Kier molecular flexibility index (Phi) is 7.41. The molecule has 1 aliphatic carbocycles. The van der Waals surface area contributed by atoms with Gasteiger partial charge in [-0.05, 0) is 43.0 Å². The topological polar surface area (TPSA) is 9.23 Å². The Morgan fingerprint density at radius 2 is 1.56 bits per heavy atom. The predicted octanol–water partition coefficient (Wildman–Crippen LogP) is 5.66. The molecule has 1 nitrogen and oxygen atoms in total. The molecule has 18 heavy (non-hydrogen) atoms. The van der Waals surface area contributed by atoms with E-state index in [2.05, 4.69) is 39.0 Å². The fourth-order valence-electron chi connectivity index (χ4n) is 2.78. The van der Waals surface area contributed by atoms with Crippen molar-refractivity contribution >= 4 is 8.32 Å². The summed E-state index contributed by atoms with van der Waals surface area (Å²) < 4.78 is 6.07. The fraction of sp³-hybridized carbons (Fsp3) is 0.750. The van der Waals surface area contributed by atoms with Gasteiger partial charge in [-0.2, -0.15) is 0 Å². The first kappa shape index (κ1) is 15.6. The van der Waals surface area contributed by atoms with E-state index >= 15 is 0 Å². The van der Waals surface area contributed by atoms with Gasteiger partial charge in [0.25, 0.3) is 0 Å². The van der Waals surface area contributed by atoms with E-state index in [1.54, 1.807) is 0 Å². The molecule has 0 amide bonds. The first-order valence-electron chi connectivity index (χ1n) is 7.77. The van der Waals surface area contributed by atoms with Gasteiger partial charge in [-0.25, -0.2) is 0 Å². The van der Waals surface area contributed by atoms with E-state index in [1.807, 2.05) is 6.26 Å². The van der Waals surface area contributed by atoms with Gasteiger partial charge in [-0.15, -0.1) is 0 Å². The van der Waals surface area contributed by atoms with E-state index in [-0.39, 0.29) is 0 Å². The molecule has 1 aliphatic rings. The van der Waals surface area contributed by atoms with Gasteiger partial charge in [0, 0.05) is 0 Å². The summed E-state index contributed by atoms with van der Waals surface area (Å²) in [6, 6.07) is 3.66. The zero-order chi connectivity index (χ0) is 13.3. The molecular weight excluding hydrogens is 236 g/mol. The van der Waals surface area contributed by atoms with E-state index in [0.29, 0.717) is 0 Å². The van der Waals surface area contributed by atoms with Crippen molar-refractivity contribution in [1.29, 1.82) is 0 Å². The van der Waals surface area contributed by atoms with Crippen molar-refractivity contribution < 1.29 is 4.43 Å². The van der Waals surface area contributed by atoms with Gasteiger partial charge < -0.3 is 4.43 Å². The first-order valence-corrected chi connectivity index (χ1v) is 10.3. The second-order valence-electron chi connectivity index (χ2n) is 5.47. The maximum atomic E-state index is 6.07. The van der Waals surface area contributed by atoms with Crippen molar-refractivity contribution in [3.8, 4) is 0 Å². The monoisotopic (exact) mass is 266 g/mol. The lowest BCUT2D eigenvalue weighted by atomic mass is 9.89. The van der Waals surface area contributed by atoms with Crippen LogP contribution >= 0.6 is 0 Å². The molecule has 0 N–H and O–H groups in total. The van der Waals surface area contributed by atoms with Gasteiger partial charge in [0.1, 0.15) is 0 Å². The van der Waals surface area contributed by atoms with Gasteiger partial charge in [-0.1, -0.05) is 52.2 Å². The number of rotatable bonds is 7. The Labute approximate surface area is 114 Å². The van der Waals surface area contributed by atoms with E-state index < -0.39 is 8.32 Å². The highest BCUT2D eigenvalue weighted by Crippen LogP contribution is 2.24. The highest BCUT2D eigenvalue weighted by molar-refractivity contribution is 6.73. The standard InChI is InChI=1S/C16H30OSi/c1-4-18(5-2,6-3)17-15-11-10-14-16-12-8-7-9-13-16/h10-11,14-16H,4-9,12-13H2,1-3H3/b14-10+,15-11+. The van der Waals surface area contributed by atoms with E-state index in [4.69, 9.17) is 4.43 Å². The van der Waals surface area contributed by atoms with Crippen LogP contribution in [0.2, 0.25) is 18.1 Å². The molecule has 1 saturated carbocycles. The van der Waals surface area contributed by atoms with Crippen LogP contribution < -0.4 is 0 Å². The van der Waals surface area contributed by atoms with Crippen LogP contribution in [0.25, 0.3) is 0 Å². The molecule has 0 radical (unpaired) electrons. The van der Waals surface area contributed by atoms with Gasteiger partial charge in [0.15, 0.2) is 0 Å². The third kappa shape index (κ3) is 5.01. The van der Waals surface area contributed by atoms with Crippen LogP contribution in [-0.4, -0.2) is 8.32 Å². The zero-order valence-electron chi connectivity index (χ0n) is 12.5. The van der Waals surface area contributed by atoms with Crippen molar-refractivity contribution in [3.05, 3.63) is 24.5 Å². The fourth-order valence-corrected chi connectivity index (χ4v) is 5.14. The average molecular weight is 267 g/mol. The first-order chi connectivity index (χ1) is 8.76. The molecule has 2 heteroatoms. The minimum atomic E-state index is -1.43. The zero-order valence-corrected chi connectivity index (χ0v) is 13.5. The highest BCUT2D eigenvalue weighted by atomic mass is 28.4. The Morgan fingerprint density at radius 3 is 2.11 bits per heavy atom. The molecular formula is C16H30OSi. The van der Waals surface area contributed by atoms with Crippen LogP contribution in [0.4, 0.5) is 0 Å². The molecule has 0 heterocycles. The lowest BCUT2D eigenvalue weighted by Crippen LogP contribution is -2.33. The van der Waals surface area contributed by atoms with Gasteiger partial charge >= 0.3 is 0 Å². The molecule has 0 spiro atoms. The Morgan fingerprint density at radius 1 is 0.944 bits per heavy atom. The summed E-state index contributed by atoms with van der Waals surface area (Å²) in [5, 5.41) is 0.